The maximum Gasteiger partial charge on any atom is 0.325 e. The van der Waals surface area contributed by atoms with Gasteiger partial charge in [0.25, 0.3) is 5.91 Å². The van der Waals surface area contributed by atoms with Crippen molar-refractivity contribution in [1.82, 2.24) is 10.2 Å². The van der Waals surface area contributed by atoms with Gasteiger partial charge in [-0.15, -0.1) is 0 Å². The van der Waals surface area contributed by atoms with E-state index in [0.29, 0.717) is 17.9 Å². The summed E-state index contributed by atoms with van der Waals surface area (Å²) in [5.41, 5.74) is 7.10. The number of nitrogens with two attached hydrogens (primary N) is 1. The molecule has 0 aromatic heterocycles. The lowest BCUT2D eigenvalue weighted by Crippen LogP contribution is -2.31. The van der Waals surface area contributed by atoms with Crippen LogP contribution < -0.4 is 15.8 Å². The lowest BCUT2D eigenvalue weighted by Gasteiger charge is -2.14. The molecule has 0 saturated carbocycles. The van der Waals surface area contributed by atoms with Gasteiger partial charge < -0.3 is 15.8 Å². The first-order valence-electron chi connectivity index (χ1n) is 6.61. The van der Waals surface area contributed by atoms with Crippen LogP contribution in [0.15, 0.2) is 18.2 Å². The van der Waals surface area contributed by atoms with Crippen molar-refractivity contribution >= 4 is 17.6 Å². The van der Waals surface area contributed by atoms with Crippen molar-refractivity contribution in [3.05, 3.63) is 23.8 Å². The van der Waals surface area contributed by atoms with Gasteiger partial charge in [0.15, 0.2) is 0 Å². The lowest BCUT2D eigenvalue weighted by molar-refractivity contribution is -0.128. The number of anilines is 1. The average Bonchev–Trinajstić information content (AvgIpc) is 2.67. The minimum atomic E-state index is -0.400. The summed E-state index contributed by atoms with van der Waals surface area (Å²) in [4.78, 5) is 25.1. The zero-order valence-electron chi connectivity index (χ0n) is 11.7. The van der Waals surface area contributed by atoms with Crippen molar-refractivity contribution in [1.29, 1.82) is 0 Å². The molecule has 3 amide bonds. The average molecular weight is 277 g/mol. The molecule has 6 nitrogen and oxygen atoms in total. The van der Waals surface area contributed by atoms with E-state index < -0.39 is 6.04 Å². The smallest absolute Gasteiger partial charge is 0.325 e. The molecule has 1 fully saturated rings. The van der Waals surface area contributed by atoms with E-state index in [1.54, 1.807) is 18.2 Å². The van der Waals surface area contributed by atoms with Crippen molar-refractivity contribution in [3.63, 3.8) is 0 Å². The number of nitrogen functional groups attached to an aromatic ring is 1. The van der Waals surface area contributed by atoms with Gasteiger partial charge in [-0.25, -0.2) is 4.79 Å². The first-order valence-corrected chi connectivity index (χ1v) is 6.61. The van der Waals surface area contributed by atoms with Gasteiger partial charge in [-0.1, -0.05) is 19.4 Å². The summed E-state index contributed by atoms with van der Waals surface area (Å²) in [6.07, 6.45) is 1.51. The maximum atomic E-state index is 12.1. The van der Waals surface area contributed by atoms with Gasteiger partial charge >= 0.3 is 6.03 Å². The maximum absolute atomic E-state index is 12.1. The highest BCUT2D eigenvalue weighted by atomic mass is 16.5. The van der Waals surface area contributed by atoms with Crippen molar-refractivity contribution in [3.8, 4) is 5.75 Å². The summed E-state index contributed by atoms with van der Waals surface area (Å²) in [7, 11) is 1.54. The van der Waals surface area contributed by atoms with Crippen LogP contribution in [0.5, 0.6) is 5.75 Å². The van der Waals surface area contributed by atoms with Crippen LogP contribution in [-0.2, 0) is 11.3 Å². The molecule has 0 radical (unpaired) electrons. The van der Waals surface area contributed by atoms with E-state index in [1.165, 1.54) is 12.0 Å². The number of carbonyl (C=O) groups is 2. The number of nitrogens with zero attached hydrogens (tertiary/aromatic N) is 1. The van der Waals surface area contributed by atoms with Gasteiger partial charge in [-0.05, 0) is 24.1 Å². The molecule has 0 aliphatic carbocycles. The van der Waals surface area contributed by atoms with Crippen LogP contribution in [0.2, 0.25) is 0 Å². The minimum Gasteiger partial charge on any atom is -0.495 e. The zero-order chi connectivity index (χ0) is 14.7. The third-order valence-electron chi connectivity index (χ3n) is 3.32. The number of nitrogens with one attached hydrogen (secondary N) is 1. The second-order valence-electron chi connectivity index (χ2n) is 4.79. The lowest BCUT2D eigenvalue weighted by atomic mass is 10.1. The largest absolute Gasteiger partial charge is 0.495 e. The Morgan fingerprint density at radius 3 is 2.75 bits per heavy atom. The van der Waals surface area contributed by atoms with Crippen molar-refractivity contribution in [2.45, 2.75) is 32.4 Å². The summed E-state index contributed by atoms with van der Waals surface area (Å²) in [5, 5.41) is 2.69. The third-order valence-corrected chi connectivity index (χ3v) is 3.32. The highest BCUT2D eigenvalue weighted by molar-refractivity contribution is 6.04. The Morgan fingerprint density at radius 1 is 1.40 bits per heavy atom. The number of urea groups is 1. The summed E-state index contributed by atoms with van der Waals surface area (Å²) in [6, 6.07) is 4.49. The first kappa shape index (κ1) is 14.2. The van der Waals surface area contributed by atoms with Crippen LogP contribution in [0.1, 0.15) is 25.3 Å². The Bertz CT molecular complexity index is 530. The molecule has 1 unspecified atom stereocenters. The minimum absolute atomic E-state index is 0.175. The fourth-order valence-corrected chi connectivity index (χ4v) is 2.28. The molecule has 1 aromatic rings. The van der Waals surface area contributed by atoms with Crippen LogP contribution in [0.3, 0.4) is 0 Å². The van der Waals surface area contributed by atoms with Crippen molar-refractivity contribution < 1.29 is 14.3 Å². The van der Waals surface area contributed by atoms with Gasteiger partial charge in [0.2, 0.25) is 0 Å². The van der Waals surface area contributed by atoms with Gasteiger partial charge in [-0.2, -0.15) is 0 Å². The molecule has 3 N–H and O–H groups in total. The van der Waals surface area contributed by atoms with E-state index >= 15 is 0 Å². The molecule has 0 spiro atoms. The van der Waals surface area contributed by atoms with Crippen LogP contribution in [-0.4, -0.2) is 30.0 Å². The molecule has 1 aliphatic rings. The molecular formula is C14H19N3O3. The fourth-order valence-electron chi connectivity index (χ4n) is 2.28. The Kier molecular flexibility index (Phi) is 4.12. The summed E-state index contributed by atoms with van der Waals surface area (Å²) < 4.78 is 5.08. The molecule has 2 rings (SSSR count). The van der Waals surface area contributed by atoms with Crippen molar-refractivity contribution in [2.75, 3.05) is 12.8 Å². The Labute approximate surface area is 117 Å². The number of rotatable bonds is 5. The van der Waals surface area contributed by atoms with Gasteiger partial charge in [-0.3, -0.25) is 9.69 Å². The van der Waals surface area contributed by atoms with E-state index in [2.05, 4.69) is 5.32 Å². The Balaban J connectivity index is 2.11. The van der Waals surface area contributed by atoms with Gasteiger partial charge in [0.1, 0.15) is 11.8 Å². The van der Waals surface area contributed by atoms with E-state index in [-0.39, 0.29) is 18.5 Å². The molecule has 1 atom stereocenters. The predicted octanol–water partition coefficient (Wildman–Crippen LogP) is 1.50. The molecule has 0 bridgehead atoms. The number of benzene rings is 1. The predicted molar refractivity (Wildman–Crippen MR) is 75.2 cm³/mol. The molecule has 1 saturated heterocycles. The standard InChI is InChI=1S/C14H19N3O3/c1-3-4-11-13(18)17(14(19)16-11)8-9-5-6-12(20-2)10(15)7-9/h5-7,11H,3-4,8,15H2,1-2H3,(H,16,19). The molecule has 1 aliphatic heterocycles. The van der Waals surface area contributed by atoms with E-state index in [9.17, 15) is 9.59 Å². The Morgan fingerprint density at radius 2 is 2.15 bits per heavy atom. The van der Waals surface area contributed by atoms with Gasteiger partial charge in [0, 0.05) is 0 Å². The molecule has 20 heavy (non-hydrogen) atoms. The SMILES string of the molecule is CCCC1NC(=O)N(Cc2ccc(OC)c(N)c2)C1=O. The second-order valence-corrected chi connectivity index (χ2v) is 4.79. The number of hydrogen-bond acceptors (Lipinski definition) is 4. The number of methoxy groups -OCH3 is 1. The monoisotopic (exact) mass is 277 g/mol. The van der Waals surface area contributed by atoms with E-state index in [0.717, 1.165) is 12.0 Å². The zero-order valence-corrected chi connectivity index (χ0v) is 11.7. The summed E-state index contributed by atoms with van der Waals surface area (Å²) in [6.45, 7) is 2.20. The number of imide groups is 1. The van der Waals surface area contributed by atoms with Crippen LogP contribution in [0.25, 0.3) is 0 Å². The van der Waals surface area contributed by atoms with Crippen molar-refractivity contribution in [2.24, 2.45) is 0 Å². The molecule has 1 heterocycles. The van der Waals surface area contributed by atoms with E-state index in [4.69, 9.17) is 10.5 Å². The summed E-state index contributed by atoms with van der Waals surface area (Å²) >= 11 is 0. The number of amides is 3. The quantitative estimate of drug-likeness (QED) is 0.631. The van der Waals surface area contributed by atoms with Crippen LogP contribution in [0.4, 0.5) is 10.5 Å². The topological polar surface area (TPSA) is 84.7 Å². The van der Waals surface area contributed by atoms with E-state index in [1.807, 2.05) is 6.92 Å². The van der Waals surface area contributed by atoms with Gasteiger partial charge in [0.05, 0.1) is 19.3 Å². The molecule has 1 aromatic carbocycles. The normalized spacial score (nSPS) is 18.3. The number of hydrogen-bond donors (Lipinski definition) is 2. The highest BCUT2D eigenvalue weighted by Gasteiger charge is 2.37. The summed E-state index contributed by atoms with van der Waals surface area (Å²) in [5.74, 6) is 0.404. The number of ether oxygens (including phenoxy) is 1. The van der Waals surface area contributed by atoms with Crippen LogP contribution in [0, 0.1) is 0 Å². The highest BCUT2D eigenvalue weighted by Crippen LogP contribution is 2.23. The molecular weight excluding hydrogens is 258 g/mol. The Hall–Kier alpha value is -2.24. The first-order chi connectivity index (χ1) is 9.56. The fraction of sp³-hybridized carbons (Fsp3) is 0.429. The molecule has 108 valence electrons. The van der Waals surface area contributed by atoms with Crippen LogP contribution >= 0.6 is 0 Å². The molecule has 6 heteroatoms. The third kappa shape index (κ3) is 2.68. The second kappa shape index (κ2) is 5.81. The number of carbonyl (C=O) groups excluding carboxylic acids is 2.